The third kappa shape index (κ3) is 3.49. The molecule has 2 aliphatic rings. The molecule has 3 nitrogen and oxygen atoms in total. The summed E-state index contributed by atoms with van der Waals surface area (Å²) in [5.74, 6) is 0.960. The molecule has 22 heavy (non-hydrogen) atoms. The maximum absolute atomic E-state index is 13.6. The van der Waals surface area contributed by atoms with Crippen molar-refractivity contribution in [2.45, 2.75) is 45.7 Å². The second-order valence-electron chi connectivity index (χ2n) is 6.90. The lowest BCUT2D eigenvalue weighted by Gasteiger charge is -2.37. The van der Waals surface area contributed by atoms with Gasteiger partial charge in [-0.1, -0.05) is 19.1 Å². The molecule has 1 amide bonds. The van der Waals surface area contributed by atoms with E-state index in [-0.39, 0.29) is 5.82 Å². The van der Waals surface area contributed by atoms with Gasteiger partial charge in [0.05, 0.1) is 0 Å². The van der Waals surface area contributed by atoms with Gasteiger partial charge in [0.2, 0.25) is 5.91 Å². The largest absolute Gasteiger partial charge is 0.342 e. The Hall–Kier alpha value is -1.42. The number of nitrogens with one attached hydrogen (secondary N) is 1. The molecule has 1 aliphatic carbocycles. The highest BCUT2D eigenvalue weighted by atomic mass is 19.1. The summed E-state index contributed by atoms with van der Waals surface area (Å²) in [6, 6.07) is 5.81. The Morgan fingerprint density at radius 2 is 2.14 bits per heavy atom. The van der Waals surface area contributed by atoms with Crippen LogP contribution in [0, 0.1) is 24.6 Å². The summed E-state index contributed by atoms with van der Waals surface area (Å²) in [6.07, 6.45) is 3.13. The van der Waals surface area contributed by atoms with Crippen LogP contribution in [0.5, 0.6) is 0 Å². The van der Waals surface area contributed by atoms with Crippen molar-refractivity contribution in [2.24, 2.45) is 11.8 Å². The van der Waals surface area contributed by atoms with E-state index < -0.39 is 0 Å². The number of carbonyl (C=O) groups excluding carboxylic acids is 1. The predicted molar refractivity (Wildman–Crippen MR) is 84.8 cm³/mol. The summed E-state index contributed by atoms with van der Waals surface area (Å²) < 4.78 is 13.6. The smallest absolute Gasteiger partial charge is 0.225 e. The Labute approximate surface area is 131 Å². The summed E-state index contributed by atoms with van der Waals surface area (Å²) in [4.78, 5) is 14.2. The molecule has 3 rings (SSSR count). The summed E-state index contributed by atoms with van der Waals surface area (Å²) in [5.41, 5.74) is 1.66. The first-order valence-corrected chi connectivity index (χ1v) is 8.32. The quantitative estimate of drug-likeness (QED) is 0.927. The molecule has 120 valence electrons. The van der Waals surface area contributed by atoms with Crippen LogP contribution in [0.25, 0.3) is 0 Å². The first kappa shape index (κ1) is 15.5. The SMILES string of the molecule is Cc1ccc(CN[C@H]2CCN(C(=O)C3CC3)C[C@@H]2C)cc1F. The van der Waals surface area contributed by atoms with Crippen molar-refractivity contribution < 1.29 is 9.18 Å². The number of rotatable bonds is 4. The number of hydrogen-bond donors (Lipinski definition) is 1. The van der Waals surface area contributed by atoms with Gasteiger partial charge in [-0.3, -0.25) is 4.79 Å². The molecule has 1 aliphatic heterocycles. The molecule has 0 aromatic heterocycles. The van der Waals surface area contributed by atoms with Crippen LogP contribution in [0.4, 0.5) is 4.39 Å². The first-order valence-electron chi connectivity index (χ1n) is 8.32. The number of likely N-dealkylation sites (tertiary alicyclic amines) is 1. The minimum absolute atomic E-state index is 0.141. The third-order valence-electron chi connectivity index (χ3n) is 4.95. The van der Waals surface area contributed by atoms with E-state index in [0.717, 1.165) is 37.9 Å². The fourth-order valence-electron chi connectivity index (χ4n) is 3.23. The number of benzene rings is 1. The van der Waals surface area contributed by atoms with Crippen molar-refractivity contribution in [2.75, 3.05) is 13.1 Å². The van der Waals surface area contributed by atoms with Crippen LogP contribution >= 0.6 is 0 Å². The highest BCUT2D eigenvalue weighted by Crippen LogP contribution is 2.32. The number of aryl methyl sites for hydroxylation is 1. The maximum Gasteiger partial charge on any atom is 0.225 e. The molecular weight excluding hydrogens is 279 g/mol. The number of hydrogen-bond acceptors (Lipinski definition) is 2. The first-order chi connectivity index (χ1) is 10.5. The Morgan fingerprint density at radius 3 is 2.77 bits per heavy atom. The molecule has 1 aromatic carbocycles. The zero-order chi connectivity index (χ0) is 15.7. The molecule has 1 saturated carbocycles. The molecule has 2 fully saturated rings. The Morgan fingerprint density at radius 1 is 1.36 bits per heavy atom. The highest BCUT2D eigenvalue weighted by Gasteiger charge is 2.36. The topological polar surface area (TPSA) is 32.3 Å². The van der Waals surface area contributed by atoms with Crippen molar-refractivity contribution in [3.05, 3.63) is 35.1 Å². The van der Waals surface area contributed by atoms with Crippen molar-refractivity contribution in [3.63, 3.8) is 0 Å². The summed E-state index contributed by atoms with van der Waals surface area (Å²) in [5, 5.41) is 3.53. The lowest BCUT2D eigenvalue weighted by atomic mass is 9.93. The highest BCUT2D eigenvalue weighted by molar-refractivity contribution is 5.81. The molecule has 0 unspecified atom stereocenters. The fourth-order valence-corrected chi connectivity index (χ4v) is 3.23. The van der Waals surface area contributed by atoms with Gasteiger partial charge in [0.1, 0.15) is 5.82 Å². The van der Waals surface area contributed by atoms with Gasteiger partial charge in [0, 0.05) is 31.6 Å². The molecule has 1 saturated heterocycles. The summed E-state index contributed by atoms with van der Waals surface area (Å²) in [7, 11) is 0. The normalized spacial score (nSPS) is 25.3. The molecule has 4 heteroatoms. The van der Waals surface area contributed by atoms with Gasteiger partial charge in [0.25, 0.3) is 0 Å². The van der Waals surface area contributed by atoms with Crippen LogP contribution in [0.2, 0.25) is 0 Å². The minimum Gasteiger partial charge on any atom is -0.342 e. The zero-order valence-corrected chi connectivity index (χ0v) is 13.4. The third-order valence-corrected chi connectivity index (χ3v) is 4.95. The lowest BCUT2D eigenvalue weighted by Crippen LogP contribution is -2.50. The van der Waals surface area contributed by atoms with Gasteiger partial charge in [-0.05, 0) is 49.3 Å². The van der Waals surface area contributed by atoms with E-state index in [1.54, 1.807) is 13.0 Å². The molecular formula is C18H25FN2O. The number of carbonyl (C=O) groups is 1. The van der Waals surface area contributed by atoms with Gasteiger partial charge >= 0.3 is 0 Å². The van der Waals surface area contributed by atoms with Crippen molar-refractivity contribution in [1.82, 2.24) is 10.2 Å². The number of nitrogens with zero attached hydrogens (tertiary/aromatic N) is 1. The number of piperidine rings is 1. The van der Waals surface area contributed by atoms with E-state index in [1.165, 1.54) is 0 Å². The van der Waals surface area contributed by atoms with Gasteiger partial charge in [0.15, 0.2) is 0 Å². The van der Waals surface area contributed by atoms with Crippen LogP contribution in [0.15, 0.2) is 18.2 Å². The average Bonchev–Trinajstić information content (AvgIpc) is 3.33. The van der Waals surface area contributed by atoms with Gasteiger partial charge < -0.3 is 10.2 Å². The van der Waals surface area contributed by atoms with Gasteiger partial charge in [-0.15, -0.1) is 0 Å². The fraction of sp³-hybridized carbons (Fsp3) is 0.611. The number of amides is 1. The second-order valence-corrected chi connectivity index (χ2v) is 6.90. The molecule has 1 heterocycles. The summed E-state index contributed by atoms with van der Waals surface area (Å²) in [6.45, 7) is 6.35. The van der Waals surface area contributed by atoms with Gasteiger partial charge in [-0.2, -0.15) is 0 Å². The summed E-state index contributed by atoms with van der Waals surface area (Å²) >= 11 is 0. The maximum atomic E-state index is 13.6. The standard InChI is InChI=1S/C18H25FN2O/c1-12-3-4-14(9-16(12)19)10-20-17-7-8-21(11-13(17)2)18(22)15-5-6-15/h3-4,9,13,15,17,20H,5-8,10-11H2,1-2H3/t13-,17-/m0/s1. The van der Waals surface area contributed by atoms with Crippen LogP contribution < -0.4 is 5.32 Å². The monoisotopic (exact) mass is 304 g/mol. The van der Waals surface area contributed by atoms with Crippen LogP contribution in [0.3, 0.4) is 0 Å². The van der Waals surface area contributed by atoms with Crippen molar-refractivity contribution in [3.8, 4) is 0 Å². The van der Waals surface area contributed by atoms with E-state index in [9.17, 15) is 9.18 Å². The Balaban J connectivity index is 1.51. The van der Waals surface area contributed by atoms with Crippen LogP contribution in [-0.4, -0.2) is 29.9 Å². The van der Waals surface area contributed by atoms with Crippen molar-refractivity contribution in [1.29, 1.82) is 0 Å². The Kier molecular flexibility index (Phi) is 4.48. The molecule has 2 atom stereocenters. The number of halogens is 1. The lowest BCUT2D eigenvalue weighted by molar-refractivity contribution is -0.134. The predicted octanol–water partition coefficient (Wildman–Crippen LogP) is 2.87. The minimum atomic E-state index is -0.141. The second kappa shape index (κ2) is 6.37. The zero-order valence-electron chi connectivity index (χ0n) is 13.4. The van der Waals surface area contributed by atoms with E-state index in [1.807, 2.05) is 17.0 Å². The van der Waals surface area contributed by atoms with Crippen LogP contribution in [-0.2, 0) is 11.3 Å². The molecule has 0 radical (unpaired) electrons. The van der Waals surface area contributed by atoms with Crippen LogP contribution in [0.1, 0.15) is 37.3 Å². The molecule has 1 N–H and O–H groups in total. The van der Waals surface area contributed by atoms with Gasteiger partial charge in [-0.25, -0.2) is 4.39 Å². The van der Waals surface area contributed by atoms with E-state index in [2.05, 4.69) is 12.2 Å². The molecule has 0 bridgehead atoms. The molecule has 1 aromatic rings. The Bertz CT molecular complexity index is 556. The van der Waals surface area contributed by atoms with E-state index in [0.29, 0.717) is 35.9 Å². The molecule has 0 spiro atoms. The van der Waals surface area contributed by atoms with E-state index >= 15 is 0 Å². The average molecular weight is 304 g/mol. The van der Waals surface area contributed by atoms with Crippen molar-refractivity contribution >= 4 is 5.91 Å². The van der Waals surface area contributed by atoms with E-state index in [4.69, 9.17) is 0 Å².